The van der Waals surface area contributed by atoms with Crippen LogP contribution in [0.15, 0.2) is 121 Å². The van der Waals surface area contributed by atoms with Gasteiger partial charge in [-0.1, -0.05) is 121 Å². The summed E-state index contributed by atoms with van der Waals surface area (Å²) in [6, 6.07) is 41.2. The lowest BCUT2D eigenvalue weighted by Gasteiger charge is -2.38. The summed E-state index contributed by atoms with van der Waals surface area (Å²) in [4.78, 5) is 26.4. The van der Waals surface area contributed by atoms with E-state index < -0.39 is 33.8 Å². The van der Waals surface area contributed by atoms with Crippen molar-refractivity contribution < 1.29 is 28.5 Å². The lowest BCUT2D eigenvalue weighted by atomic mass is 10.0. The summed E-state index contributed by atoms with van der Waals surface area (Å²) in [6.45, 7) is 3.82. The molecule has 1 heterocycles. The largest absolute Gasteiger partial charge is 0.469 e. The molecular weight excluding hydrogens is 602 g/mol. The molecule has 6 nitrogen and oxygen atoms in total. The van der Waals surface area contributed by atoms with Crippen molar-refractivity contribution in [2.24, 2.45) is 0 Å². The average Bonchev–Trinajstić information content (AvgIpc) is 3.40. The molecule has 0 bridgehead atoms. The lowest BCUT2D eigenvalue weighted by Crippen LogP contribution is -2.46. The fourth-order valence-corrected chi connectivity index (χ4v) is 11.9. The first-order chi connectivity index (χ1) is 21.8. The predicted octanol–water partition coefficient (Wildman–Crippen LogP) is 5.64. The SMILES string of the molecule is COC(=O)C[C@H]([C@H]1OC(C)(C)O[C@@H]1[C@@H](CC(=O)OC)P(c1ccccc1)c1ccccc1)P(c1ccccc1)c1ccccc1. The van der Waals surface area contributed by atoms with Crippen molar-refractivity contribution in [2.75, 3.05) is 14.2 Å². The van der Waals surface area contributed by atoms with E-state index in [-0.39, 0.29) is 36.1 Å². The van der Waals surface area contributed by atoms with Crippen molar-refractivity contribution in [3.05, 3.63) is 121 Å². The molecule has 0 radical (unpaired) electrons. The van der Waals surface area contributed by atoms with Gasteiger partial charge in [-0.05, 0) is 50.9 Å². The molecule has 0 saturated carbocycles. The first-order valence-electron chi connectivity index (χ1n) is 15.1. The number of carbonyl (C=O) groups is 2. The number of ether oxygens (including phenoxy) is 4. The van der Waals surface area contributed by atoms with Gasteiger partial charge in [0.15, 0.2) is 5.79 Å². The van der Waals surface area contributed by atoms with Crippen LogP contribution in [0.2, 0.25) is 0 Å². The molecule has 234 valence electrons. The van der Waals surface area contributed by atoms with Crippen LogP contribution in [-0.4, -0.2) is 55.5 Å². The van der Waals surface area contributed by atoms with E-state index in [4.69, 9.17) is 18.9 Å². The van der Waals surface area contributed by atoms with Crippen LogP contribution >= 0.6 is 15.8 Å². The molecule has 4 aromatic carbocycles. The maximum Gasteiger partial charge on any atom is 0.306 e. The Hall–Kier alpha value is -3.40. The molecule has 5 rings (SSSR count). The highest BCUT2D eigenvalue weighted by Gasteiger charge is 2.53. The van der Waals surface area contributed by atoms with Gasteiger partial charge in [0.25, 0.3) is 0 Å². The van der Waals surface area contributed by atoms with Gasteiger partial charge >= 0.3 is 11.9 Å². The second-order valence-electron chi connectivity index (χ2n) is 11.3. The fourth-order valence-electron chi connectivity index (χ4n) is 6.05. The zero-order valence-corrected chi connectivity index (χ0v) is 27.9. The Morgan fingerprint density at radius 3 is 1.09 bits per heavy atom. The first kappa shape index (κ1) is 33.0. The van der Waals surface area contributed by atoms with Gasteiger partial charge < -0.3 is 18.9 Å². The van der Waals surface area contributed by atoms with E-state index in [0.29, 0.717) is 0 Å². The van der Waals surface area contributed by atoms with E-state index in [1.807, 2.05) is 86.6 Å². The standard InChI is InChI=1S/C37H40O6P2/c1-37(2)42-35(31(25-33(38)40-3)44(27-17-9-5-10-18-27)28-19-11-6-12-20-28)36(43-37)32(26-34(39)41-4)45(29-21-13-7-14-22-29)30-23-15-8-16-24-30/h5-24,31-32,35-36H,25-26H2,1-4H3/t31-,32-,35-,36-/m1/s1. The molecule has 0 aromatic heterocycles. The lowest BCUT2D eigenvalue weighted by molar-refractivity contribution is -0.151. The summed E-state index contributed by atoms with van der Waals surface area (Å²) in [5, 5.41) is 4.49. The van der Waals surface area contributed by atoms with Crippen LogP contribution in [0.5, 0.6) is 0 Å². The highest BCUT2D eigenvalue weighted by atomic mass is 31.1. The topological polar surface area (TPSA) is 71.1 Å². The van der Waals surface area contributed by atoms with E-state index in [9.17, 15) is 9.59 Å². The molecule has 0 amide bonds. The minimum absolute atomic E-state index is 0.131. The van der Waals surface area contributed by atoms with Crippen molar-refractivity contribution >= 4 is 49.0 Å². The van der Waals surface area contributed by atoms with Crippen LogP contribution in [0, 0.1) is 0 Å². The summed E-state index contributed by atoms with van der Waals surface area (Å²) in [7, 11) is 0.596. The van der Waals surface area contributed by atoms with Crippen LogP contribution in [-0.2, 0) is 28.5 Å². The van der Waals surface area contributed by atoms with Gasteiger partial charge in [0, 0.05) is 11.3 Å². The second-order valence-corrected chi connectivity index (χ2v) is 16.2. The molecule has 0 unspecified atom stereocenters. The van der Waals surface area contributed by atoms with E-state index in [1.54, 1.807) is 0 Å². The number of esters is 2. The molecule has 1 aliphatic rings. The summed E-state index contributed by atoms with van der Waals surface area (Å²) in [5.74, 6) is -1.59. The molecule has 4 aromatic rings. The summed E-state index contributed by atoms with van der Waals surface area (Å²) < 4.78 is 24.3. The van der Waals surface area contributed by atoms with Gasteiger partial charge in [-0.15, -0.1) is 0 Å². The third-order valence-electron chi connectivity index (χ3n) is 7.93. The molecule has 0 spiro atoms. The van der Waals surface area contributed by atoms with E-state index in [1.165, 1.54) is 14.2 Å². The van der Waals surface area contributed by atoms with E-state index in [0.717, 1.165) is 21.2 Å². The summed E-state index contributed by atoms with van der Waals surface area (Å²) >= 11 is 0. The number of benzene rings is 4. The Kier molecular flexibility index (Phi) is 11.2. The van der Waals surface area contributed by atoms with Gasteiger partial charge in [0.2, 0.25) is 0 Å². The Morgan fingerprint density at radius 2 is 0.844 bits per heavy atom. The summed E-state index contributed by atoms with van der Waals surface area (Å²) in [5.41, 5.74) is -0.625. The average molecular weight is 643 g/mol. The highest BCUT2D eigenvalue weighted by molar-refractivity contribution is 7.74. The molecule has 1 aliphatic heterocycles. The van der Waals surface area contributed by atoms with Gasteiger partial charge in [-0.3, -0.25) is 9.59 Å². The maximum atomic E-state index is 13.2. The van der Waals surface area contributed by atoms with Gasteiger partial charge in [0.1, 0.15) is 0 Å². The molecule has 0 N–H and O–H groups in total. The zero-order chi connectivity index (χ0) is 31.8. The molecular formula is C37H40O6P2. The van der Waals surface area contributed by atoms with Crippen LogP contribution in [0.4, 0.5) is 0 Å². The molecule has 1 saturated heterocycles. The normalized spacial score (nSPS) is 18.8. The quantitative estimate of drug-likeness (QED) is 0.147. The number of hydrogen-bond acceptors (Lipinski definition) is 6. The van der Waals surface area contributed by atoms with E-state index in [2.05, 4.69) is 48.5 Å². The van der Waals surface area contributed by atoms with Crippen LogP contribution < -0.4 is 21.2 Å². The van der Waals surface area contributed by atoms with Crippen LogP contribution in [0.1, 0.15) is 26.7 Å². The van der Waals surface area contributed by atoms with Gasteiger partial charge in [-0.2, -0.15) is 0 Å². The van der Waals surface area contributed by atoms with Crippen LogP contribution in [0.25, 0.3) is 0 Å². The second kappa shape index (κ2) is 15.3. The zero-order valence-electron chi connectivity index (χ0n) is 26.1. The van der Waals surface area contributed by atoms with Gasteiger partial charge in [0.05, 0.1) is 39.3 Å². The molecule has 45 heavy (non-hydrogen) atoms. The van der Waals surface area contributed by atoms with Crippen molar-refractivity contribution in [1.82, 2.24) is 0 Å². The summed E-state index contributed by atoms with van der Waals surface area (Å²) in [6.07, 6.45) is -0.798. The third kappa shape index (κ3) is 8.07. The van der Waals surface area contributed by atoms with Crippen molar-refractivity contribution in [2.45, 2.75) is 56.0 Å². The smallest absolute Gasteiger partial charge is 0.306 e. The Morgan fingerprint density at radius 1 is 0.578 bits per heavy atom. The minimum atomic E-state index is -1.12. The fraction of sp³-hybridized carbons (Fsp3) is 0.297. The Bertz CT molecular complexity index is 1320. The minimum Gasteiger partial charge on any atom is -0.469 e. The number of carbonyl (C=O) groups excluding carboxylic acids is 2. The number of methoxy groups -OCH3 is 2. The maximum absolute atomic E-state index is 13.2. The predicted molar refractivity (Wildman–Crippen MR) is 183 cm³/mol. The molecule has 8 heteroatoms. The highest BCUT2D eigenvalue weighted by Crippen LogP contribution is 2.53. The third-order valence-corrected chi connectivity index (χ3v) is 13.6. The van der Waals surface area contributed by atoms with Crippen LogP contribution in [0.3, 0.4) is 0 Å². The van der Waals surface area contributed by atoms with E-state index >= 15 is 0 Å². The van der Waals surface area contributed by atoms with Gasteiger partial charge in [-0.25, -0.2) is 0 Å². The Labute approximate surface area is 268 Å². The number of rotatable bonds is 12. The molecule has 4 atom stereocenters. The monoisotopic (exact) mass is 642 g/mol. The Balaban J connectivity index is 1.70. The van der Waals surface area contributed by atoms with Crippen molar-refractivity contribution in [3.8, 4) is 0 Å². The van der Waals surface area contributed by atoms with Crippen molar-refractivity contribution in [1.29, 1.82) is 0 Å². The first-order valence-corrected chi connectivity index (χ1v) is 17.9. The molecule has 1 fully saturated rings. The van der Waals surface area contributed by atoms with Crippen molar-refractivity contribution in [3.63, 3.8) is 0 Å². The number of hydrogen-bond donors (Lipinski definition) is 0. The molecule has 0 aliphatic carbocycles.